The van der Waals surface area contributed by atoms with Crippen LogP contribution in [0.1, 0.15) is 258 Å². The SMILES string of the molecule is CC/C=C\C/C=C\C/C=C\C/C=C\C/C=C\C/C=C\CCC(=O)NC(COP(=O)([O-])OCC[N+](C)(C)C)C(O)/C=C/CCCCCCCCCCCCCCCCCCCCCCCCCCCCCCC. The quantitative estimate of drug-likeness (QED) is 0.0272. The second kappa shape index (κ2) is 53.5. The predicted molar refractivity (Wildman–Crippen MR) is 311 cm³/mol. The minimum Gasteiger partial charge on any atom is -0.756 e. The van der Waals surface area contributed by atoms with Crippen LogP contribution in [0.15, 0.2) is 85.1 Å². The Morgan fingerprint density at radius 2 is 0.847 bits per heavy atom. The molecule has 0 aliphatic carbocycles. The van der Waals surface area contributed by atoms with Crippen molar-refractivity contribution in [2.24, 2.45) is 0 Å². The summed E-state index contributed by atoms with van der Waals surface area (Å²) in [5, 5.41) is 13.8. The number of phosphoric acid groups is 1. The fourth-order valence-electron chi connectivity index (χ4n) is 8.47. The van der Waals surface area contributed by atoms with Crippen LogP contribution >= 0.6 is 7.82 Å². The van der Waals surface area contributed by atoms with Crippen LogP contribution in [0.5, 0.6) is 0 Å². The summed E-state index contributed by atoms with van der Waals surface area (Å²) < 4.78 is 23.3. The van der Waals surface area contributed by atoms with E-state index in [0.717, 1.165) is 57.8 Å². The molecule has 0 aromatic carbocycles. The summed E-state index contributed by atoms with van der Waals surface area (Å²) in [4.78, 5) is 25.4. The highest BCUT2D eigenvalue weighted by atomic mass is 31.2. The lowest BCUT2D eigenvalue weighted by Crippen LogP contribution is -2.45. The number of nitrogens with zero attached hydrogens (tertiary/aromatic N) is 1. The monoisotopic (exact) mass is 1030 g/mol. The van der Waals surface area contributed by atoms with E-state index < -0.39 is 26.6 Å². The number of carbonyl (C=O) groups excluding carboxylic acids is 1. The van der Waals surface area contributed by atoms with Gasteiger partial charge in [0.15, 0.2) is 0 Å². The van der Waals surface area contributed by atoms with Gasteiger partial charge < -0.3 is 28.8 Å². The van der Waals surface area contributed by atoms with Crippen LogP contribution in [0.4, 0.5) is 0 Å². The lowest BCUT2D eigenvalue weighted by molar-refractivity contribution is -0.870. The van der Waals surface area contributed by atoms with Crippen LogP contribution in [-0.4, -0.2) is 68.5 Å². The number of rotatable bonds is 54. The van der Waals surface area contributed by atoms with Crippen molar-refractivity contribution in [2.75, 3.05) is 40.9 Å². The minimum atomic E-state index is -4.62. The fraction of sp³-hybridized carbons (Fsp3) is 0.762. The van der Waals surface area contributed by atoms with Crippen LogP contribution in [0.3, 0.4) is 0 Å². The number of unbranched alkanes of at least 4 members (excludes halogenated alkanes) is 29. The molecule has 0 radical (unpaired) electrons. The molecule has 0 aromatic heterocycles. The normalized spacial score (nSPS) is 14.5. The first-order valence-electron chi connectivity index (χ1n) is 29.9. The Hall–Kier alpha value is -2.32. The van der Waals surface area contributed by atoms with E-state index in [4.69, 9.17) is 9.05 Å². The first-order valence-corrected chi connectivity index (χ1v) is 31.4. The second-order valence-electron chi connectivity index (χ2n) is 21.3. The minimum absolute atomic E-state index is 0.0185. The molecule has 0 rings (SSSR count). The molecule has 0 spiro atoms. The highest BCUT2D eigenvalue weighted by molar-refractivity contribution is 7.45. The van der Waals surface area contributed by atoms with Crippen molar-refractivity contribution in [2.45, 2.75) is 270 Å². The van der Waals surface area contributed by atoms with Crippen molar-refractivity contribution >= 4 is 13.7 Å². The van der Waals surface area contributed by atoms with Gasteiger partial charge in [-0.1, -0.05) is 279 Å². The zero-order valence-corrected chi connectivity index (χ0v) is 48.5. The Balaban J connectivity index is 4.21. The van der Waals surface area contributed by atoms with E-state index in [0.29, 0.717) is 17.4 Å². The van der Waals surface area contributed by atoms with E-state index >= 15 is 0 Å². The molecule has 0 saturated heterocycles. The van der Waals surface area contributed by atoms with E-state index in [1.807, 2.05) is 39.4 Å². The van der Waals surface area contributed by atoms with Gasteiger partial charge in [-0.2, -0.15) is 0 Å². The molecule has 0 fully saturated rings. The van der Waals surface area contributed by atoms with Crippen LogP contribution in [0.2, 0.25) is 0 Å². The van der Waals surface area contributed by atoms with Gasteiger partial charge in [0.2, 0.25) is 5.91 Å². The first-order chi connectivity index (χ1) is 35.0. The second-order valence-corrected chi connectivity index (χ2v) is 22.7. The van der Waals surface area contributed by atoms with Crippen molar-refractivity contribution in [3.63, 3.8) is 0 Å². The van der Waals surface area contributed by atoms with Gasteiger partial charge in [0, 0.05) is 6.42 Å². The number of aliphatic hydroxyl groups is 1. The Bertz CT molecular complexity index is 1450. The molecule has 0 aromatic rings. The number of phosphoric ester groups is 1. The maximum absolute atomic E-state index is 12.9. The Morgan fingerprint density at radius 3 is 1.21 bits per heavy atom. The average Bonchev–Trinajstić information content (AvgIpc) is 3.34. The maximum Gasteiger partial charge on any atom is 0.268 e. The molecule has 0 aliphatic heterocycles. The number of nitrogens with one attached hydrogen (secondary N) is 1. The van der Waals surface area contributed by atoms with Crippen molar-refractivity contribution in [1.82, 2.24) is 5.32 Å². The number of quaternary nitrogens is 1. The van der Waals surface area contributed by atoms with E-state index in [-0.39, 0.29) is 18.9 Å². The number of likely N-dealkylation sites (N-methyl/N-ethyl adjacent to an activating group) is 1. The zero-order valence-electron chi connectivity index (χ0n) is 47.6. The van der Waals surface area contributed by atoms with Crippen LogP contribution < -0.4 is 10.2 Å². The van der Waals surface area contributed by atoms with E-state index in [1.54, 1.807) is 6.08 Å². The molecule has 8 nitrogen and oxygen atoms in total. The van der Waals surface area contributed by atoms with Crippen molar-refractivity contribution in [3.05, 3.63) is 85.1 Å². The summed E-state index contributed by atoms with van der Waals surface area (Å²) in [6, 6.07) is -0.933. The summed E-state index contributed by atoms with van der Waals surface area (Å²) in [7, 11) is 1.21. The lowest BCUT2D eigenvalue weighted by Gasteiger charge is -2.29. The molecule has 9 heteroatoms. The first kappa shape index (κ1) is 69.7. The molecule has 0 aliphatic rings. The third-order valence-corrected chi connectivity index (χ3v) is 14.1. The topological polar surface area (TPSA) is 108 Å². The zero-order chi connectivity index (χ0) is 52.7. The van der Waals surface area contributed by atoms with Crippen LogP contribution in [0, 0.1) is 0 Å². The molecule has 0 heterocycles. The van der Waals surface area contributed by atoms with Crippen molar-refractivity contribution < 1.29 is 32.9 Å². The summed E-state index contributed by atoms with van der Waals surface area (Å²) in [6.07, 6.45) is 75.6. The highest BCUT2D eigenvalue weighted by Crippen LogP contribution is 2.38. The number of allylic oxidation sites excluding steroid dienone is 13. The third-order valence-electron chi connectivity index (χ3n) is 13.1. The maximum atomic E-state index is 12.9. The smallest absolute Gasteiger partial charge is 0.268 e. The standard InChI is InChI=1S/C63H115N2O6P/c1-6-8-10-12-14-16-18-20-22-24-26-27-28-29-30-31-32-33-34-35-36-37-39-40-42-44-46-48-50-52-54-56-62(66)61(60-71-72(68,69)70-59-58-65(3,4)5)64-63(67)57-55-53-51-49-47-45-43-41-38-25-23-21-19-17-15-13-11-9-7-2/h9,11,15,17,21,23,38,41,45,47,51,53-54,56,61-62,66H,6-8,10,12-14,16,18-20,22,24-37,39-40,42-44,46,48-50,52,55,57-60H2,1-5H3,(H-,64,67,68,69)/b11-9-,17-15-,23-21-,41-38-,47-45-,53-51-,56-54+. The molecule has 72 heavy (non-hydrogen) atoms. The summed E-state index contributed by atoms with van der Waals surface area (Å²) in [6.45, 7) is 4.49. The van der Waals surface area contributed by atoms with Gasteiger partial charge in [0.05, 0.1) is 39.9 Å². The van der Waals surface area contributed by atoms with Gasteiger partial charge in [-0.05, 0) is 57.8 Å². The number of hydrogen-bond acceptors (Lipinski definition) is 6. The Morgan fingerprint density at radius 1 is 0.500 bits per heavy atom. The van der Waals surface area contributed by atoms with E-state index in [2.05, 4.69) is 79.9 Å². The molecular weight excluding hydrogens is 912 g/mol. The Kier molecular flexibility index (Phi) is 51.8. The van der Waals surface area contributed by atoms with Crippen LogP contribution in [-0.2, 0) is 18.4 Å². The molecule has 1 amide bonds. The highest BCUT2D eigenvalue weighted by Gasteiger charge is 2.23. The van der Waals surface area contributed by atoms with Gasteiger partial charge in [-0.3, -0.25) is 9.36 Å². The average molecular weight is 1030 g/mol. The molecule has 418 valence electrons. The van der Waals surface area contributed by atoms with Crippen molar-refractivity contribution in [1.29, 1.82) is 0 Å². The molecular formula is C63H115N2O6P. The number of hydrogen-bond donors (Lipinski definition) is 2. The summed E-state index contributed by atoms with van der Waals surface area (Å²) >= 11 is 0. The fourth-order valence-corrected chi connectivity index (χ4v) is 9.20. The van der Waals surface area contributed by atoms with Crippen LogP contribution in [0.25, 0.3) is 0 Å². The number of amides is 1. The number of aliphatic hydroxyl groups excluding tert-OH is 1. The summed E-state index contributed by atoms with van der Waals surface area (Å²) in [5.41, 5.74) is 0. The third kappa shape index (κ3) is 55.4. The van der Waals surface area contributed by atoms with Gasteiger partial charge in [-0.25, -0.2) is 0 Å². The molecule has 0 bridgehead atoms. The van der Waals surface area contributed by atoms with E-state index in [1.165, 1.54) is 173 Å². The lowest BCUT2D eigenvalue weighted by atomic mass is 10.0. The van der Waals surface area contributed by atoms with Gasteiger partial charge >= 0.3 is 0 Å². The number of carbonyl (C=O) groups is 1. The van der Waals surface area contributed by atoms with Crippen molar-refractivity contribution in [3.8, 4) is 0 Å². The molecule has 2 N–H and O–H groups in total. The largest absolute Gasteiger partial charge is 0.756 e. The summed E-state index contributed by atoms with van der Waals surface area (Å²) in [5.74, 6) is -0.279. The predicted octanol–water partition coefficient (Wildman–Crippen LogP) is 17.8. The molecule has 3 atom stereocenters. The Labute approximate surface area is 446 Å². The van der Waals surface area contributed by atoms with Gasteiger partial charge in [0.1, 0.15) is 13.2 Å². The van der Waals surface area contributed by atoms with Gasteiger partial charge in [0.25, 0.3) is 7.82 Å². The molecule has 3 unspecified atom stereocenters. The van der Waals surface area contributed by atoms with E-state index in [9.17, 15) is 19.4 Å². The van der Waals surface area contributed by atoms with Gasteiger partial charge in [-0.15, -0.1) is 0 Å². The molecule has 0 saturated carbocycles.